The highest BCUT2D eigenvalue weighted by Crippen LogP contribution is 2.65. The third kappa shape index (κ3) is 6.67. The van der Waals surface area contributed by atoms with Crippen LogP contribution in [-0.4, -0.2) is 58.6 Å². The molecule has 3 aliphatic rings. The van der Waals surface area contributed by atoms with Gasteiger partial charge in [-0.25, -0.2) is 0 Å². The number of fused-ring (bicyclic) bond motifs is 1. The number of piperidine rings is 1. The normalized spacial score (nSPS) is 27.2. The maximum absolute atomic E-state index is 13.7. The standard InChI is InChI=1S/C27H45N3O5.ClH/c1-26(2,3)12-18(31)10-17(13-28)25(35)30-14-19-21(27(19,4)5)22(30)20(32)11-16(23(33)24(29)34)9-15-7-6-8-15;/h15-17,19,21-23,33H,6-14,28H2,1-5H3,(H2,29,34);1H/t16?,17-,19?,21-,22+,23?;/m0./s1. The summed E-state index contributed by atoms with van der Waals surface area (Å²) in [5.74, 6) is -1.72. The molecule has 1 saturated heterocycles. The van der Waals surface area contributed by atoms with Gasteiger partial charge < -0.3 is 21.5 Å². The molecule has 8 nitrogen and oxygen atoms in total. The van der Waals surface area contributed by atoms with Gasteiger partial charge in [0, 0.05) is 38.3 Å². The lowest BCUT2D eigenvalue weighted by molar-refractivity contribution is -0.145. The molecule has 0 aromatic rings. The molecule has 1 heterocycles. The highest BCUT2D eigenvalue weighted by atomic mass is 35.5. The first-order valence-corrected chi connectivity index (χ1v) is 13.2. The zero-order chi connectivity index (χ0) is 26.3. The topological polar surface area (TPSA) is 144 Å². The van der Waals surface area contributed by atoms with Gasteiger partial charge in [0.25, 0.3) is 0 Å². The summed E-state index contributed by atoms with van der Waals surface area (Å²) in [5, 5.41) is 10.5. The van der Waals surface area contributed by atoms with Crippen LogP contribution in [0.1, 0.15) is 79.6 Å². The van der Waals surface area contributed by atoms with Crippen LogP contribution in [0.15, 0.2) is 0 Å². The van der Waals surface area contributed by atoms with Gasteiger partial charge in [0.15, 0.2) is 5.78 Å². The van der Waals surface area contributed by atoms with Crippen molar-refractivity contribution in [1.82, 2.24) is 4.90 Å². The maximum atomic E-state index is 13.7. The number of aliphatic hydroxyl groups excluding tert-OH is 1. The van der Waals surface area contributed by atoms with E-state index < -0.39 is 29.9 Å². The van der Waals surface area contributed by atoms with Gasteiger partial charge in [0.1, 0.15) is 11.9 Å². The second-order valence-electron chi connectivity index (χ2n) is 13.1. The lowest BCUT2D eigenvalue weighted by Gasteiger charge is -2.35. The van der Waals surface area contributed by atoms with Gasteiger partial charge in [-0.3, -0.25) is 19.2 Å². The van der Waals surface area contributed by atoms with Gasteiger partial charge in [0.05, 0.1) is 12.0 Å². The molecule has 2 saturated carbocycles. The molecule has 3 unspecified atom stereocenters. The zero-order valence-corrected chi connectivity index (χ0v) is 23.3. The number of ketones is 2. The largest absolute Gasteiger partial charge is 0.383 e. The van der Waals surface area contributed by atoms with E-state index in [4.69, 9.17) is 11.5 Å². The van der Waals surface area contributed by atoms with E-state index in [1.165, 1.54) is 0 Å². The van der Waals surface area contributed by atoms with Gasteiger partial charge in [-0.15, -0.1) is 12.4 Å². The quantitative estimate of drug-likeness (QED) is 0.355. The minimum atomic E-state index is -1.38. The Morgan fingerprint density at radius 2 is 1.72 bits per heavy atom. The molecule has 9 heteroatoms. The Morgan fingerprint density at radius 3 is 2.19 bits per heavy atom. The fraction of sp³-hybridized carbons (Fsp3) is 0.852. The average Bonchev–Trinajstić information content (AvgIpc) is 3.06. The van der Waals surface area contributed by atoms with Crippen molar-refractivity contribution in [3.63, 3.8) is 0 Å². The second-order valence-corrected chi connectivity index (χ2v) is 13.1. The van der Waals surface area contributed by atoms with E-state index >= 15 is 0 Å². The molecule has 2 aliphatic carbocycles. The second kappa shape index (κ2) is 11.5. The van der Waals surface area contributed by atoms with E-state index in [0.717, 1.165) is 19.3 Å². The molecular weight excluding hydrogens is 482 g/mol. The van der Waals surface area contributed by atoms with Gasteiger partial charge in [-0.2, -0.15) is 0 Å². The van der Waals surface area contributed by atoms with Crippen LogP contribution in [0.2, 0.25) is 0 Å². The van der Waals surface area contributed by atoms with Gasteiger partial charge in [-0.05, 0) is 35.0 Å². The Morgan fingerprint density at radius 1 is 1.11 bits per heavy atom. The predicted octanol–water partition coefficient (Wildman–Crippen LogP) is 2.47. The summed E-state index contributed by atoms with van der Waals surface area (Å²) in [6, 6.07) is -0.613. The highest BCUT2D eigenvalue weighted by Gasteiger charge is 2.69. The molecule has 0 aromatic carbocycles. The molecule has 6 atom stereocenters. The Labute approximate surface area is 221 Å². The fourth-order valence-electron chi connectivity index (χ4n) is 6.42. The Kier molecular flexibility index (Phi) is 9.79. The molecular formula is C27H46ClN3O5. The highest BCUT2D eigenvalue weighted by molar-refractivity contribution is 5.94. The summed E-state index contributed by atoms with van der Waals surface area (Å²) in [6.45, 7) is 10.7. The number of halogens is 1. The number of nitrogens with two attached hydrogens (primary N) is 2. The minimum absolute atomic E-state index is 0. The van der Waals surface area contributed by atoms with E-state index in [1.807, 2.05) is 20.8 Å². The Bertz CT molecular complexity index is 851. The number of primary amides is 1. The molecule has 3 rings (SSSR count). The van der Waals surface area contributed by atoms with Gasteiger partial charge >= 0.3 is 0 Å². The number of carbonyl (C=O) groups excluding carboxylic acids is 4. The lowest BCUT2D eigenvalue weighted by Crippen LogP contribution is -2.50. The number of rotatable bonds is 12. The molecule has 0 bridgehead atoms. The third-order valence-electron chi connectivity index (χ3n) is 8.72. The van der Waals surface area contributed by atoms with Crippen LogP contribution < -0.4 is 11.5 Å². The van der Waals surface area contributed by atoms with Crippen LogP contribution in [0.4, 0.5) is 0 Å². The number of hydrogen-bond acceptors (Lipinski definition) is 6. The van der Waals surface area contributed by atoms with Crippen molar-refractivity contribution in [2.75, 3.05) is 13.1 Å². The molecule has 206 valence electrons. The van der Waals surface area contributed by atoms with Crippen LogP contribution in [-0.2, 0) is 19.2 Å². The fourth-order valence-corrected chi connectivity index (χ4v) is 6.42. The van der Waals surface area contributed by atoms with Crippen molar-refractivity contribution in [2.24, 2.45) is 51.9 Å². The van der Waals surface area contributed by atoms with E-state index in [0.29, 0.717) is 25.3 Å². The van der Waals surface area contributed by atoms with Crippen molar-refractivity contribution in [3.8, 4) is 0 Å². The van der Waals surface area contributed by atoms with E-state index in [2.05, 4.69) is 13.8 Å². The number of Topliss-reactive ketones (excluding diaryl/α,β-unsaturated/α-hetero) is 2. The molecule has 0 aromatic heterocycles. The molecule has 3 fully saturated rings. The van der Waals surface area contributed by atoms with Crippen LogP contribution in [0.3, 0.4) is 0 Å². The van der Waals surface area contributed by atoms with Gasteiger partial charge in [-0.1, -0.05) is 53.9 Å². The monoisotopic (exact) mass is 527 g/mol. The van der Waals surface area contributed by atoms with Gasteiger partial charge in [0.2, 0.25) is 11.8 Å². The third-order valence-corrected chi connectivity index (χ3v) is 8.72. The average molecular weight is 528 g/mol. The van der Waals surface area contributed by atoms with Crippen LogP contribution in [0.25, 0.3) is 0 Å². The number of hydrogen-bond donors (Lipinski definition) is 3. The number of aliphatic hydroxyl groups is 1. The molecule has 36 heavy (non-hydrogen) atoms. The van der Waals surface area contributed by atoms with E-state index in [9.17, 15) is 24.3 Å². The summed E-state index contributed by atoms with van der Waals surface area (Å²) in [6.07, 6.45) is 2.85. The molecule has 0 radical (unpaired) electrons. The predicted molar refractivity (Wildman–Crippen MR) is 140 cm³/mol. The Hall–Kier alpha value is -1.51. The Balaban J connectivity index is 0.00000456. The molecule has 1 aliphatic heterocycles. The first-order chi connectivity index (χ1) is 16.2. The first-order valence-electron chi connectivity index (χ1n) is 13.2. The van der Waals surface area contributed by atoms with Crippen LogP contribution >= 0.6 is 12.4 Å². The first kappa shape index (κ1) is 30.7. The molecule has 5 N–H and O–H groups in total. The van der Waals surface area contributed by atoms with Crippen LogP contribution in [0, 0.1) is 40.4 Å². The van der Waals surface area contributed by atoms with Crippen LogP contribution in [0.5, 0.6) is 0 Å². The smallest absolute Gasteiger partial charge is 0.246 e. The van der Waals surface area contributed by atoms with Crippen molar-refractivity contribution < 1.29 is 24.3 Å². The summed E-state index contributed by atoms with van der Waals surface area (Å²) in [5.41, 5.74) is 11.1. The summed E-state index contributed by atoms with van der Waals surface area (Å²) >= 11 is 0. The summed E-state index contributed by atoms with van der Waals surface area (Å²) in [4.78, 5) is 53.2. The lowest BCUT2D eigenvalue weighted by atomic mass is 9.75. The van der Waals surface area contributed by atoms with Crippen molar-refractivity contribution in [2.45, 2.75) is 91.7 Å². The zero-order valence-electron chi connectivity index (χ0n) is 22.5. The molecule has 2 amide bonds. The van der Waals surface area contributed by atoms with E-state index in [1.54, 1.807) is 4.90 Å². The summed E-state index contributed by atoms with van der Waals surface area (Å²) in [7, 11) is 0. The summed E-state index contributed by atoms with van der Waals surface area (Å²) < 4.78 is 0. The van der Waals surface area contributed by atoms with Crippen molar-refractivity contribution in [1.29, 1.82) is 0 Å². The number of carbonyl (C=O) groups is 4. The van der Waals surface area contributed by atoms with Crippen molar-refractivity contribution >= 4 is 35.8 Å². The SMILES string of the molecule is CC(C)(C)CC(=O)C[C@@H](CN)C(=O)N1CC2[C@@H]([C@H]1C(=O)CC(CC1CCC1)C(O)C(N)=O)C2(C)C.Cl. The molecule has 0 spiro atoms. The number of likely N-dealkylation sites (tertiary alicyclic amines) is 1. The minimum Gasteiger partial charge on any atom is -0.383 e. The number of nitrogens with zero attached hydrogens (tertiary/aromatic N) is 1. The van der Waals surface area contributed by atoms with Crippen molar-refractivity contribution in [3.05, 3.63) is 0 Å². The number of amides is 2. The maximum Gasteiger partial charge on any atom is 0.246 e. The van der Waals surface area contributed by atoms with E-state index in [-0.39, 0.29) is 71.9 Å².